The van der Waals surface area contributed by atoms with Crippen molar-refractivity contribution in [2.75, 3.05) is 13.1 Å². The van der Waals surface area contributed by atoms with Crippen molar-refractivity contribution in [1.29, 1.82) is 0 Å². The van der Waals surface area contributed by atoms with E-state index in [2.05, 4.69) is 10.3 Å². The summed E-state index contributed by atoms with van der Waals surface area (Å²) < 4.78 is 5.75. The summed E-state index contributed by atoms with van der Waals surface area (Å²) in [5.41, 5.74) is -1.04. The molecule has 4 nitrogen and oxygen atoms in total. The third-order valence-corrected chi connectivity index (χ3v) is 3.80. The van der Waals surface area contributed by atoms with Gasteiger partial charge in [0.25, 0.3) is 0 Å². The van der Waals surface area contributed by atoms with Gasteiger partial charge in [0, 0.05) is 24.5 Å². The van der Waals surface area contributed by atoms with Gasteiger partial charge in [-0.2, -0.15) is 0 Å². The number of esters is 1. The number of rotatable bonds is 2. The van der Waals surface area contributed by atoms with Crippen LogP contribution in [-0.4, -0.2) is 24.0 Å². The zero-order valence-electron chi connectivity index (χ0n) is 10.4. The van der Waals surface area contributed by atoms with Gasteiger partial charge < -0.3 is 10.1 Å². The Bertz CT molecular complexity index is 389. The zero-order valence-corrected chi connectivity index (χ0v) is 11.3. The van der Waals surface area contributed by atoms with E-state index in [4.69, 9.17) is 4.74 Å². The minimum absolute atomic E-state index is 0.170. The summed E-state index contributed by atoms with van der Waals surface area (Å²) >= 11 is 1.54. The number of thiazole rings is 1. The summed E-state index contributed by atoms with van der Waals surface area (Å²) in [6, 6.07) is 0. The first-order chi connectivity index (χ1) is 7.94. The van der Waals surface area contributed by atoms with E-state index in [0.29, 0.717) is 6.54 Å². The van der Waals surface area contributed by atoms with Crippen LogP contribution in [0.1, 0.15) is 32.2 Å². The standard InChI is InChI=1S/C12H18N2O2S/c1-11(2,3)10(15)16-12(4-5-13-8-12)9-14-6-7-17-9/h6-7,13H,4-5,8H2,1-3H3. The van der Waals surface area contributed by atoms with Gasteiger partial charge in [-0.25, -0.2) is 4.98 Å². The molecular formula is C12H18N2O2S. The summed E-state index contributed by atoms with van der Waals surface area (Å²) in [5, 5.41) is 6.05. The second kappa shape index (κ2) is 4.38. The molecule has 1 unspecified atom stereocenters. The molecule has 1 aromatic rings. The normalized spacial score (nSPS) is 24.9. The molecule has 0 bridgehead atoms. The first-order valence-corrected chi connectivity index (χ1v) is 6.66. The fourth-order valence-corrected chi connectivity index (χ4v) is 2.56. The maximum Gasteiger partial charge on any atom is 0.312 e. The van der Waals surface area contributed by atoms with Gasteiger partial charge in [-0.15, -0.1) is 11.3 Å². The van der Waals surface area contributed by atoms with E-state index in [9.17, 15) is 4.79 Å². The van der Waals surface area contributed by atoms with Crippen LogP contribution >= 0.6 is 11.3 Å². The number of hydrogen-bond donors (Lipinski definition) is 1. The lowest BCUT2D eigenvalue weighted by Gasteiger charge is -2.29. The molecule has 1 atom stereocenters. The zero-order chi connectivity index (χ0) is 12.5. The maximum absolute atomic E-state index is 12.0. The van der Waals surface area contributed by atoms with Gasteiger partial charge in [0.15, 0.2) is 5.60 Å². The Balaban J connectivity index is 2.22. The fourth-order valence-electron chi connectivity index (χ4n) is 1.76. The summed E-state index contributed by atoms with van der Waals surface area (Å²) in [5.74, 6) is -0.170. The molecule has 2 rings (SSSR count). The Morgan fingerprint density at radius 2 is 2.35 bits per heavy atom. The van der Waals surface area contributed by atoms with Gasteiger partial charge in [-0.05, 0) is 27.3 Å². The monoisotopic (exact) mass is 254 g/mol. The summed E-state index contributed by atoms with van der Waals surface area (Å²) in [4.78, 5) is 16.4. The van der Waals surface area contributed by atoms with Crippen molar-refractivity contribution >= 4 is 17.3 Å². The Kier molecular flexibility index (Phi) is 3.23. The van der Waals surface area contributed by atoms with Gasteiger partial charge in [0.05, 0.1) is 5.41 Å². The maximum atomic E-state index is 12.0. The lowest BCUT2D eigenvalue weighted by atomic mass is 9.96. The van der Waals surface area contributed by atoms with E-state index in [0.717, 1.165) is 18.0 Å². The van der Waals surface area contributed by atoms with Gasteiger partial charge >= 0.3 is 5.97 Å². The van der Waals surface area contributed by atoms with Crippen LogP contribution in [0, 0.1) is 5.41 Å². The lowest BCUT2D eigenvalue weighted by molar-refractivity contribution is -0.169. The van der Waals surface area contributed by atoms with Crippen molar-refractivity contribution in [3.05, 3.63) is 16.6 Å². The Hall–Kier alpha value is -0.940. The summed E-state index contributed by atoms with van der Waals surface area (Å²) in [7, 11) is 0. The number of carbonyl (C=O) groups excluding carboxylic acids is 1. The number of nitrogens with zero attached hydrogens (tertiary/aromatic N) is 1. The Labute approximate surface area is 105 Å². The quantitative estimate of drug-likeness (QED) is 0.819. The van der Waals surface area contributed by atoms with E-state index in [1.807, 2.05) is 26.2 Å². The second-order valence-electron chi connectivity index (χ2n) is 5.40. The molecule has 1 saturated heterocycles. The molecule has 17 heavy (non-hydrogen) atoms. The van der Waals surface area contributed by atoms with E-state index < -0.39 is 11.0 Å². The van der Waals surface area contributed by atoms with Crippen molar-refractivity contribution in [3.8, 4) is 0 Å². The van der Waals surface area contributed by atoms with Crippen LogP contribution in [0.2, 0.25) is 0 Å². The van der Waals surface area contributed by atoms with Crippen LogP contribution in [0.5, 0.6) is 0 Å². The van der Waals surface area contributed by atoms with E-state index >= 15 is 0 Å². The number of aromatic nitrogens is 1. The smallest absolute Gasteiger partial charge is 0.312 e. The topological polar surface area (TPSA) is 51.2 Å². The summed E-state index contributed by atoms with van der Waals surface area (Å²) in [6.07, 6.45) is 2.55. The Morgan fingerprint density at radius 3 is 2.82 bits per heavy atom. The minimum Gasteiger partial charge on any atom is -0.450 e. The lowest BCUT2D eigenvalue weighted by Crippen LogP contribution is -2.38. The highest BCUT2D eigenvalue weighted by molar-refractivity contribution is 7.09. The average molecular weight is 254 g/mol. The molecular weight excluding hydrogens is 236 g/mol. The molecule has 0 radical (unpaired) electrons. The van der Waals surface area contributed by atoms with Crippen molar-refractivity contribution in [3.63, 3.8) is 0 Å². The van der Waals surface area contributed by atoms with Crippen LogP contribution < -0.4 is 5.32 Å². The number of nitrogens with one attached hydrogen (secondary N) is 1. The highest BCUT2D eigenvalue weighted by Gasteiger charge is 2.43. The van der Waals surface area contributed by atoms with Crippen molar-refractivity contribution in [2.45, 2.75) is 32.8 Å². The second-order valence-corrected chi connectivity index (χ2v) is 6.29. The molecule has 1 fully saturated rings. The number of hydrogen-bond acceptors (Lipinski definition) is 5. The van der Waals surface area contributed by atoms with Gasteiger partial charge in [0.2, 0.25) is 0 Å². The molecule has 1 aromatic heterocycles. The Morgan fingerprint density at radius 1 is 1.59 bits per heavy atom. The molecule has 0 saturated carbocycles. The SMILES string of the molecule is CC(C)(C)C(=O)OC1(c2nccs2)CCNC1. The van der Waals surface area contributed by atoms with E-state index in [-0.39, 0.29) is 5.97 Å². The molecule has 94 valence electrons. The summed E-state index contributed by atoms with van der Waals surface area (Å²) in [6.45, 7) is 7.12. The first-order valence-electron chi connectivity index (χ1n) is 5.78. The molecule has 2 heterocycles. The highest BCUT2D eigenvalue weighted by Crippen LogP contribution is 2.35. The van der Waals surface area contributed by atoms with Crippen molar-refractivity contribution in [2.24, 2.45) is 5.41 Å². The van der Waals surface area contributed by atoms with Crippen LogP contribution in [0.15, 0.2) is 11.6 Å². The molecule has 0 amide bonds. The largest absolute Gasteiger partial charge is 0.450 e. The number of ether oxygens (including phenoxy) is 1. The predicted octanol–water partition coefficient (Wildman–Crippen LogP) is 1.92. The van der Waals surface area contributed by atoms with Crippen molar-refractivity contribution < 1.29 is 9.53 Å². The van der Waals surface area contributed by atoms with Crippen LogP contribution in [0.25, 0.3) is 0 Å². The molecule has 0 aliphatic carbocycles. The first kappa shape index (κ1) is 12.5. The van der Waals surface area contributed by atoms with Gasteiger partial charge in [0.1, 0.15) is 5.01 Å². The highest BCUT2D eigenvalue weighted by atomic mass is 32.1. The minimum atomic E-state index is -0.557. The van der Waals surface area contributed by atoms with Crippen molar-refractivity contribution in [1.82, 2.24) is 10.3 Å². The van der Waals surface area contributed by atoms with Gasteiger partial charge in [-0.3, -0.25) is 4.79 Å². The number of carbonyl (C=O) groups is 1. The molecule has 0 spiro atoms. The van der Waals surface area contributed by atoms with E-state index in [1.165, 1.54) is 0 Å². The fraction of sp³-hybridized carbons (Fsp3) is 0.667. The van der Waals surface area contributed by atoms with E-state index in [1.54, 1.807) is 17.5 Å². The molecule has 1 N–H and O–H groups in total. The average Bonchev–Trinajstić information content (AvgIpc) is 2.85. The predicted molar refractivity (Wildman–Crippen MR) is 66.8 cm³/mol. The third-order valence-electron chi connectivity index (χ3n) is 2.84. The molecule has 5 heteroatoms. The van der Waals surface area contributed by atoms with Crippen LogP contribution in [-0.2, 0) is 15.1 Å². The molecule has 1 aliphatic rings. The third kappa shape index (κ3) is 2.50. The molecule has 0 aromatic carbocycles. The van der Waals surface area contributed by atoms with Crippen LogP contribution in [0.3, 0.4) is 0 Å². The van der Waals surface area contributed by atoms with Gasteiger partial charge in [-0.1, -0.05) is 0 Å². The van der Waals surface area contributed by atoms with Crippen LogP contribution in [0.4, 0.5) is 0 Å². The molecule has 1 aliphatic heterocycles.